The van der Waals surface area contributed by atoms with Crippen molar-refractivity contribution < 1.29 is 36.6 Å². The molecule has 1 heterocycles. The van der Waals surface area contributed by atoms with Gasteiger partial charge in [0.1, 0.15) is 17.7 Å². The minimum Gasteiger partial charge on any atom is -0.372 e. The predicted molar refractivity (Wildman–Crippen MR) is 122 cm³/mol. The van der Waals surface area contributed by atoms with Gasteiger partial charge in [-0.25, -0.2) is 8.78 Å². The summed E-state index contributed by atoms with van der Waals surface area (Å²) in [5, 5.41) is 24.8. The van der Waals surface area contributed by atoms with Crippen LogP contribution >= 0.6 is 11.6 Å². The number of nitrogens with zero attached hydrogens (tertiary/aromatic N) is 1. The number of nitriles is 1. The fourth-order valence-corrected chi connectivity index (χ4v) is 4.16. The van der Waals surface area contributed by atoms with Gasteiger partial charge in [0.15, 0.2) is 5.60 Å². The van der Waals surface area contributed by atoms with E-state index < -0.39 is 52.4 Å². The van der Waals surface area contributed by atoms with Crippen molar-refractivity contribution >= 4 is 29.1 Å². The lowest BCUT2D eigenvalue weighted by Gasteiger charge is -2.21. The number of nitrogens with one attached hydrogen (secondary N) is 2. The number of rotatable bonds is 4. The van der Waals surface area contributed by atoms with Crippen LogP contribution in [0.5, 0.6) is 0 Å². The number of aliphatic hydroxyl groups is 1. The highest BCUT2D eigenvalue weighted by Gasteiger charge is 2.37. The quantitative estimate of drug-likeness (QED) is 0.305. The van der Waals surface area contributed by atoms with Gasteiger partial charge in [0, 0.05) is 38.5 Å². The van der Waals surface area contributed by atoms with E-state index in [9.17, 15) is 41.9 Å². The number of carbonyl (C=O) groups is 2. The highest BCUT2D eigenvalue weighted by atomic mass is 35.5. The molecular formula is C25H15ClF5N3O3. The van der Waals surface area contributed by atoms with Crippen molar-refractivity contribution in [3.63, 3.8) is 0 Å². The Labute approximate surface area is 211 Å². The van der Waals surface area contributed by atoms with Gasteiger partial charge < -0.3 is 15.7 Å². The first-order chi connectivity index (χ1) is 17.2. The molecule has 3 N–H and O–H groups in total. The van der Waals surface area contributed by atoms with E-state index >= 15 is 0 Å². The fourth-order valence-electron chi connectivity index (χ4n) is 3.93. The third-order valence-electron chi connectivity index (χ3n) is 5.77. The van der Waals surface area contributed by atoms with Gasteiger partial charge in [-0.1, -0.05) is 11.6 Å². The van der Waals surface area contributed by atoms with Crippen LogP contribution in [-0.2, 0) is 11.8 Å². The summed E-state index contributed by atoms with van der Waals surface area (Å²) in [5.74, 6) is -3.88. The second-order valence-corrected chi connectivity index (χ2v) is 8.83. The molecule has 3 aromatic rings. The topological polar surface area (TPSA) is 102 Å². The van der Waals surface area contributed by atoms with Crippen molar-refractivity contribution in [1.29, 1.82) is 5.26 Å². The molecule has 0 aliphatic carbocycles. The average molecular weight is 536 g/mol. The van der Waals surface area contributed by atoms with E-state index in [1.807, 2.05) is 0 Å². The summed E-state index contributed by atoms with van der Waals surface area (Å²) in [6.07, 6.45) is -4.93. The number of halogens is 6. The van der Waals surface area contributed by atoms with E-state index in [0.29, 0.717) is 12.1 Å². The first-order valence-electron chi connectivity index (χ1n) is 10.5. The molecule has 0 unspecified atom stereocenters. The normalized spacial score (nSPS) is 16.4. The Morgan fingerprint density at radius 2 is 1.78 bits per heavy atom. The first kappa shape index (κ1) is 26.1. The summed E-state index contributed by atoms with van der Waals surface area (Å²) in [7, 11) is 0. The average Bonchev–Trinajstić information content (AvgIpc) is 3.16. The molecule has 0 saturated heterocycles. The van der Waals surface area contributed by atoms with Crippen molar-refractivity contribution in [3.8, 4) is 6.07 Å². The molecular weight excluding hydrogens is 521 g/mol. The Balaban J connectivity index is 1.88. The van der Waals surface area contributed by atoms with Crippen LogP contribution in [0.2, 0.25) is 5.02 Å². The third kappa shape index (κ3) is 4.98. The summed E-state index contributed by atoms with van der Waals surface area (Å²) in [5.41, 5.74) is -4.49. The smallest absolute Gasteiger partial charge is 0.372 e. The largest absolute Gasteiger partial charge is 0.416 e. The third-order valence-corrected chi connectivity index (χ3v) is 6.12. The zero-order chi connectivity index (χ0) is 27.3. The molecule has 3 aromatic carbocycles. The van der Waals surface area contributed by atoms with Gasteiger partial charge in [0.2, 0.25) is 0 Å². The first-order valence-corrected chi connectivity index (χ1v) is 10.9. The van der Waals surface area contributed by atoms with E-state index in [1.54, 1.807) is 6.07 Å². The van der Waals surface area contributed by atoms with E-state index in [1.165, 1.54) is 12.1 Å². The number of benzene rings is 3. The summed E-state index contributed by atoms with van der Waals surface area (Å²) >= 11 is 6.21. The standard InChI is InChI=1S/C25H15ClF5N3O3/c1-24(37,10-32)12-7-17-20(21(34-23(17)36)16-9-14(27)2-3-18(16)26)19(8-12)33-22(35)11-4-13(25(29,30)31)6-15(28)5-11/h2-9,21,37H,1H3,(H,33,35)(H,34,36)/t21-,24-/m0/s1. The molecule has 37 heavy (non-hydrogen) atoms. The lowest BCUT2D eigenvalue weighted by atomic mass is 9.89. The number of fused-ring (bicyclic) bond motifs is 1. The van der Waals surface area contributed by atoms with Gasteiger partial charge in [-0.15, -0.1) is 0 Å². The molecule has 0 fully saturated rings. The van der Waals surface area contributed by atoms with Gasteiger partial charge in [-0.2, -0.15) is 18.4 Å². The maximum absolute atomic E-state index is 14.0. The van der Waals surface area contributed by atoms with Crippen molar-refractivity contribution in [2.75, 3.05) is 5.32 Å². The van der Waals surface area contributed by atoms with Gasteiger partial charge in [-0.3, -0.25) is 9.59 Å². The van der Waals surface area contributed by atoms with Crippen LogP contribution in [0, 0.1) is 23.0 Å². The molecule has 2 amide bonds. The number of alkyl halides is 3. The second-order valence-electron chi connectivity index (χ2n) is 8.42. The Hall–Kier alpha value is -4.01. The van der Waals surface area contributed by atoms with Crippen molar-refractivity contribution in [2.45, 2.75) is 24.7 Å². The lowest BCUT2D eigenvalue weighted by Crippen LogP contribution is -2.21. The maximum Gasteiger partial charge on any atom is 0.416 e. The molecule has 4 rings (SSSR count). The summed E-state index contributed by atoms with van der Waals surface area (Å²) in [4.78, 5) is 25.8. The van der Waals surface area contributed by atoms with Crippen LogP contribution in [0.25, 0.3) is 0 Å². The molecule has 0 bridgehead atoms. The monoisotopic (exact) mass is 535 g/mol. The Morgan fingerprint density at radius 3 is 2.43 bits per heavy atom. The molecule has 1 aliphatic heterocycles. The summed E-state index contributed by atoms with van der Waals surface area (Å²) in [6.45, 7) is 1.12. The van der Waals surface area contributed by atoms with E-state index in [4.69, 9.17) is 11.6 Å². The zero-order valence-corrected chi connectivity index (χ0v) is 19.4. The van der Waals surface area contributed by atoms with Crippen molar-refractivity contribution in [1.82, 2.24) is 5.32 Å². The fraction of sp³-hybridized carbons (Fsp3) is 0.160. The van der Waals surface area contributed by atoms with Crippen LogP contribution in [0.3, 0.4) is 0 Å². The minimum absolute atomic E-state index is 0.0517. The van der Waals surface area contributed by atoms with Crippen molar-refractivity contribution in [2.24, 2.45) is 0 Å². The number of amides is 2. The lowest BCUT2D eigenvalue weighted by molar-refractivity contribution is -0.137. The zero-order valence-electron chi connectivity index (χ0n) is 18.7. The molecule has 6 nitrogen and oxygen atoms in total. The number of hydrogen-bond donors (Lipinski definition) is 3. The maximum atomic E-state index is 14.0. The predicted octanol–water partition coefficient (Wildman–Crippen LogP) is 5.45. The molecule has 190 valence electrons. The van der Waals surface area contributed by atoms with Crippen molar-refractivity contribution in [3.05, 3.63) is 98.6 Å². The Kier molecular flexibility index (Phi) is 6.44. The Bertz CT molecular complexity index is 1500. The van der Waals surface area contributed by atoms with Crippen LogP contribution < -0.4 is 10.6 Å². The van der Waals surface area contributed by atoms with Gasteiger partial charge >= 0.3 is 6.18 Å². The number of hydrogen-bond acceptors (Lipinski definition) is 4. The molecule has 2 atom stereocenters. The van der Waals surface area contributed by atoms with Gasteiger partial charge in [0.25, 0.3) is 11.8 Å². The van der Waals surface area contributed by atoms with Crippen LogP contribution in [0.4, 0.5) is 27.6 Å². The van der Waals surface area contributed by atoms with Crippen LogP contribution in [-0.4, -0.2) is 16.9 Å². The summed E-state index contributed by atoms with van der Waals surface area (Å²) in [6, 6.07) is 7.50. The van der Waals surface area contributed by atoms with Crippen LogP contribution in [0.1, 0.15) is 55.9 Å². The minimum atomic E-state index is -4.93. The Morgan fingerprint density at radius 1 is 1.08 bits per heavy atom. The molecule has 0 aromatic heterocycles. The highest BCUT2D eigenvalue weighted by molar-refractivity contribution is 6.31. The molecule has 0 spiro atoms. The number of anilines is 1. The molecule has 12 heteroatoms. The second kappa shape index (κ2) is 9.14. The van der Waals surface area contributed by atoms with Gasteiger partial charge in [-0.05, 0) is 55.5 Å². The molecule has 0 saturated carbocycles. The van der Waals surface area contributed by atoms with Crippen LogP contribution in [0.15, 0.2) is 48.5 Å². The SMILES string of the molecule is C[C@](O)(C#N)c1cc(NC(=O)c2cc(F)cc(C(F)(F)F)c2)c2c(c1)C(=O)N[C@H]2c1cc(F)ccc1Cl. The van der Waals surface area contributed by atoms with E-state index in [-0.39, 0.29) is 39.0 Å². The summed E-state index contributed by atoms with van der Waals surface area (Å²) < 4.78 is 67.4. The molecule has 0 radical (unpaired) electrons. The molecule has 1 aliphatic rings. The highest BCUT2D eigenvalue weighted by Crippen LogP contribution is 2.41. The van der Waals surface area contributed by atoms with Gasteiger partial charge in [0.05, 0.1) is 11.6 Å². The number of carbonyl (C=O) groups excluding carboxylic acids is 2. The van der Waals surface area contributed by atoms with E-state index in [0.717, 1.165) is 25.1 Å². The van der Waals surface area contributed by atoms with E-state index in [2.05, 4.69) is 10.6 Å².